The van der Waals surface area contributed by atoms with E-state index in [1.807, 2.05) is 24.3 Å². The molecule has 0 radical (unpaired) electrons. The van der Waals surface area contributed by atoms with Gasteiger partial charge in [0.05, 0.1) is 12.7 Å². The van der Waals surface area contributed by atoms with E-state index in [2.05, 4.69) is 22.0 Å². The van der Waals surface area contributed by atoms with E-state index < -0.39 is 0 Å². The lowest BCUT2D eigenvalue weighted by atomic mass is 10.1. The largest absolute Gasteiger partial charge is 0.495 e. The normalized spacial score (nSPS) is 10.0. The van der Waals surface area contributed by atoms with Crippen molar-refractivity contribution in [1.29, 1.82) is 5.26 Å². The molecule has 0 unspecified atom stereocenters. The molecule has 0 aliphatic carbocycles. The predicted octanol–water partition coefficient (Wildman–Crippen LogP) is 3.37. The van der Waals surface area contributed by atoms with Gasteiger partial charge in [-0.3, -0.25) is 0 Å². The fourth-order valence-corrected chi connectivity index (χ4v) is 2.29. The predicted molar refractivity (Wildman–Crippen MR) is 84.1 cm³/mol. The van der Waals surface area contributed by atoms with Crippen molar-refractivity contribution in [3.05, 3.63) is 57.6 Å². The van der Waals surface area contributed by atoms with Gasteiger partial charge in [-0.1, -0.05) is 22.0 Å². The van der Waals surface area contributed by atoms with Crippen LogP contribution in [0.15, 0.2) is 40.9 Å². The zero-order valence-electron chi connectivity index (χ0n) is 11.6. The van der Waals surface area contributed by atoms with Crippen molar-refractivity contribution >= 4 is 15.9 Å². The van der Waals surface area contributed by atoms with E-state index in [0.717, 1.165) is 21.3 Å². The van der Waals surface area contributed by atoms with Crippen LogP contribution < -0.4 is 15.2 Å². The Hall–Kier alpha value is -2.03. The van der Waals surface area contributed by atoms with Crippen molar-refractivity contribution in [3.8, 4) is 17.6 Å². The summed E-state index contributed by atoms with van der Waals surface area (Å²) in [5, 5.41) is 8.95. The monoisotopic (exact) mass is 346 g/mol. The van der Waals surface area contributed by atoms with E-state index in [9.17, 15) is 0 Å². The first-order valence-electron chi connectivity index (χ1n) is 6.36. The maximum Gasteiger partial charge on any atom is 0.137 e. The molecule has 5 heteroatoms. The molecule has 21 heavy (non-hydrogen) atoms. The van der Waals surface area contributed by atoms with E-state index in [4.69, 9.17) is 20.5 Å². The maximum atomic E-state index is 8.95. The Morgan fingerprint density at radius 3 is 2.71 bits per heavy atom. The number of nitriles is 1. The molecule has 2 aromatic rings. The van der Waals surface area contributed by atoms with Crippen LogP contribution in [-0.2, 0) is 13.2 Å². The van der Waals surface area contributed by atoms with Crippen LogP contribution in [0.3, 0.4) is 0 Å². The van der Waals surface area contributed by atoms with Crippen LogP contribution in [-0.4, -0.2) is 7.11 Å². The average molecular weight is 347 g/mol. The Kier molecular flexibility index (Phi) is 5.20. The summed E-state index contributed by atoms with van der Waals surface area (Å²) in [6, 6.07) is 13.2. The molecule has 0 saturated heterocycles. The van der Waals surface area contributed by atoms with Gasteiger partial charge in [-0.2, -0.15) is 5.26 Å². The number of hydrogen-bond donors (Lipinski definition) is 1. The zero-order valence-corrected chi connectivity index (χ0v) is 13.2. The number of rotatable bonds is 5. The van der Waals surface area contributed by atoms with Crippen molar-refractivity contribution in [2.75, 3.05) is 7.11 Å². The van der Waals surface area contributed by atoms with E-state index in [1.165, 1.54) is 0 Å². The lowest BCUT2D eigenvalue weighted by molar-refractivity contribution is 0.305. The van der Waals surface area contributed by atoms with Crippen molar-refractivity contribution in [2.24, 2.45) is 5.73 Å². The molecule has 0 bridgehead atoms. The molecule has 108 valence electrons. The molecule has 2 aromatic carbocycles. The van der Waals surface area contributed by atoms with Gasteiger partial charge in [0.25, 0.3) is 0 Å². The van der Waals surface area contributed by atoms with Crippen LogP contribution in [0.1, 0.15) is 16.7 Å². The van der Waals surface area contributed by atoms with Crippen LogP contribution in [0.4, 0.5) is 0 Å². The minimum absolute atomic E-state index is 0.397. The Morgan fingerprint density at radius 2 is 2.05 bits per heavy atom. The Balaban J connectivity index is 2.11. The number of halogens is 1. The highest BCUT2D eigenvalue weighted by Gasteiger charge is 2.05. The molecule has 0 atom stereocenters. The number of benzene rings is 2. The second kappa shape index (κ2) is 7.11. The average Bonchev–Trinajstić information content (AvgIpc) is 2.53. The summed E-state index contributed by atoms with van der Waals surface area (Å²) in [6.45, 7) is 0.843. The standard InChI is InChI=1S/C16H15BrN2O2/c1-20-16-6-11(2-3-12(16)8-18)10-21-14-4-5-15(17)13(7-14)9-19/h2-7H,9-10,19H2,1H3. The first kappa shape index (κ1) is 15.4. The first-order valence-corrected chi connectivity index (χ1v) is 7.15. The van der Waals surface area contributed by atoms with E-state index in [0.29, 0.717) is 24.5 Å². The summed E-state index contributed by atoms with van der Waals surface area (Å²) >= 11 is 3.44. The fraction of sp³-hybridized carbons (Fsp3) is 0.188. The number of methoxy groups -OCH3 is 1. The quantitative estimate of drug-likeness (QED) is 0.901. The van der Waals surface area contributed by atoms with E-state index in [1.54, 1.807) is 19.2 Å². The molecular weight excluding hydrogens is 332 g/mol. The summed E-state index contributed by atoms with van der Waals surface area (Å²) in [5.41, 5.74) is 8.10. The summed E-state index contributed by atoms with van der Waals surface area (Å²) in [5.74, 6) is 1.30. The molecular formula is C16H15BrN2O2. The number of nitrogens with zero attached hydrogens (tertiary/aromatic N) is 1. The molecule has 0 fully saturated rings. The van der Waals surface area contributed by atoms with Gasteiger partial charge in [0.15, 0.2) is 0 Å². The molecule has 0 spiro atoms. The van der Waals surface area contributed by atoms with Crippen molar-refractivity contribution in [2.45, 2.75) is 13.2 Å². The Bertz CT molecular complexity index is 680. The molecule has 0 amide bonds. The van der Waals surface area contributed by atoms with Gasteiger partial charge in [0.1, 0.15) is 24.2 Å². The van der Waals surface area contributed by atoms with Crippen LogP contribution in [0.25, 0.3) is 0 Å². The highest BCUT2D eigenvalue weighted by atomic mass is 79.9. The van der Waals surface area contributed by atoms with Crippen LogP contribution in [0.2, 0.25) is 0 Å². The van der Waals surface area contributed by atoms with Crippen LogP contribution in [0.5, 0.6) is 11.5 Å². The molecule has 2 N–H and O–H groups in total. The second-order valence-corrected chi connectivity index (χ2v) is 5.25. The molecule has 0 heterocycles. The molecule has 4 nitrogen and oxygen atoms in total. The zero-order chi connectivity index (χ0) is 15.2. The van der Waals surface area contributed by atoms with Gasteiger partial charge in [0, 0.05) is 11.0 Å². The summed E-state index contributed by atoms with van der Waals surface area (Å²) in [4.78, 5) is 0. The van der Waals surface area contributed by atoms with Gasteiger partial charge in [-0.15, -0.1) is 0 Å². The highest BCUT2D eigenvalue weighted by molar-refractivity contribution is 9.10. The third-order valence-corrected chi connectivity index (χ3v) is 3.80. The summed E-state index contributed by atoms with van der Waals surface area (Å²) < 4.78 is 11.9. The summed E-state index contributed by atoms with van der Waals surface area (Å²) in [6.07, 6.45) is 0. The van der Waals surface area contributed by atoms with Crippen LogP contribution >= 0.6 is 15.9 Å². The lowest BCUT2D eigenvalue weighted by Crippen LogP contribution is -2.00. The number of nitrogens with two attached hydrogens (primary N) is 1. The smallest absolute Gasteiger partial charge is 0.137 e. The minimum Gasteiger partial charge on any atom is -0.495 e. The third kappa shape index (κ3) is 3.75. The van der Waals surface area contributed by atoms with Crippen molar-refractivity contribution < 1.29 is 9.47 Å². The van der Waals surface area contributed by atoms with Crippen molar-refractivity contribution in [1.82, 2.24) is 0 Å². The van der Waals surface area contributed by atoms with Gasteiger partial charge in [0.2, 0.25) is 0 Å². The number of hydrogen-bond acceptors (Lipinski definition) is 4. The molecule has 0 aliphatic heterocycles. The SMILES string of the molecule is COc1cc(COc2ccc(Br)c(CN)c2)ccc1C#N. The van der Waals surface area contributed by atoms with Gasteiger partial charge in [-0.25, -0.2) is 0 Å². The first-order chi connectivity index (χ1) is 10.2. The molecule has 0 saturated carbocycles. The van der Waals surface area contributed by atoms with E-state index >= 15 is 0 Å². The molecule has 0 aliphatic rings. The van der Waals surface area contributed by atoms with Gasteiger partial charge < -0.3 is 15.2 Å². The Labute approximate surface area is 132 Å². The lowest BCUT2D eigenvalue weighted by Gasteiger charge is -2.10. The third-order valence-electron chi connectivity index (χ3n) is 3.03. The minimum atomic E-state index is 0.397. The topological polar surface area (TPSA) is 68.3 Å². The van der Waals surface area contributed by atoms with Gasteiger partial charge in [-0.05, 0) is 41.5 Å². The summed E-state index contributed by atoms with van der Waals surface area (Å²) in [7, 11) is 1.54. The second-order valence-electron chi connectivity index (χ2n) is 4.39. The van der Waals surface area contributed by atoms with Crippen molar-refractivity contribution in [3.63, 3.8) is 0 Å². The highest BCUT2D eigenvalue weighted by Crippen LogP contribution is 2.24. The molecule has 0 aromatic heterocycles. The van der Waals surface area contributed by atoms with Crippen LogP contribution in [0, 0.1) is 11.3 Å². The van der Waals surface area contributed by atoms with Gasteiger partial charge >= 0.3 is 0 Å². The maximum absolute atomic E-state index is 8.95. The number of ether oxygens (including phenoxy) is 2. The van der Waals surface area contributed by atoms with E-state index in [-0.39, 0.29) is 0 Å². The fourth-order valence-electron chi connectivity index (χ4n) is 1.88. The Morgan fingerprint density at radius 1 is 1.24 bits per heavy atom. The molecule has 2 rings (SSSR count).